The molecule has 2 aromatic rings. The third-order valence-electron chi connectivity index (χ3n) is 4.89. The number of thioether (sulfide) groups is 1. The first-order valence-electron chi connectivity index (χ1n) is 10.5. The number of hydrogen-bond donors (Lipinski definition) is 1. The van der Waals surface area contributed by atoms with Crippen LogP contribution in [-0.4, -0.2) is 35.1 Å². The molecule has 7 heteroatoms. The van der Waals surface area contributed by atoms with E-state index >= 15 is 0 Å². The van der Waals surface area contributed by atoms with Gasteiger partial charge in [-0.25, -0.2) is 0 Å². The molecule has 0 aliphatic carbocycles. The summed E-state index contributed by atoms with van der Waals surface area (Å²) in [6.07, 6.45) is 1.41. The topological polar surface area (TPSA) is 49.4 Å². The van der Waals surface area contributed by atoms with Crippen molar-refractivity contribution in [2.45, 2.75) is 52.0 Å². The summed E-state index contributed by atoms with van der Waals surface area (Å²) in [7, 11) is 0. The molecule has 168 valence electrons. The lowest BCUT2D eigenvalue weighted by molar-refractivity contribution is -0.139. The van der Waals surface area contributed by atoms with Gasteiger partial charge < -0.3 is 10.2 Å². The van der Waals surface area contributed by atoms with Gasteiger partial charge in [0.1, 0.15) is 6.04 Å². The van der Waals surface area contributed by atoms with Crippen LogP contribution in [0.5, 0.6) is 0 Å². The number of carbonyl (C=O) groups excluding carboxylic acids is 2. The van der Waals surface area contributed by atoms with Gasteiger partial charge in [0, 0.05) is 18.8 Å². The van der Waals surface area contributed by atoms with Crippen molar-refractivity contribution in [2.24, 2.45) is 0 Å². The van der Waals surface area contributed by atoms with Gasteiger partial charge >= 0.3 is 0 Å². The average Bonchev–Trinajstić information content (AvgIpc) is 2.75. The van der Waals surface area contributed by atoms with Gasteiger partial charge in [-0.3, -0.25) is 9.59 Å². The van der Waals surface area contributed by atoms with Crippen molar-refractivity contribution in [3.63, 3.8) is 0 Å². The Morgan fingerprint density at radius 1 is 1.03 bits per heavy atom. The zero-order valence-corrected chi connectivity index (χ0v) is 20.6. The van der Waals surface area contributed by atoms with Crippen LogP contribution in [0.25, 0.3) is 0 Å². The van der Waals surface area contributed by atoms with Crippen LogP contribution >= 0.6 is 35.0 Å². The summed E-state index contributed by atoms with van der Waals surface area (Å²) >= 11 is 13.6. The van der Waals surface area contributed by atoms with E-state index in [9.17, 15) is 9.59 Å². The van der Waals surface area contributed by atoms with Crippen molar-refractivity contribution in [3.8, 4) is 0 Å². The molecule has 0 radical (unpaired) electrons. The highest BCUT2D eigenvalue weighted by molar-refractivity contribution is 7.99. The van der Waals surface area contributed by atoms with Crippen LogP contribution in [0.15, 0.2) is 42.5 Å². The molecule has 1 N–H and O–H groups in total. The smallest absolute Gasteiger partial charge is 0.242 e. The number of benzene rings is 2. The highest BCUT2D eigenvalue weighted by Crippen LogP contribution is 2.25. The number of halogens is 2. The first kappa shape index (κ1) is 25.6. The number of aryl methyl sites for hydroxylation is 1. The zero-order chi connectivity index (χ0) is 22.8. The van der Waals surface area contributed by atoms with Crippen molar-refractivity contribution in [1.29, 1.82) is 0 Å². The maximum absolute atomic E-state index is 13.2. The van der Waals surface area contributed by atoms with Crippen LogP contribution in [0.4, 0.5) is 0 Å². The molecule has 1 atom stereocenters. The molecule has 0 unspecified atom stereocenters. The Bertz CT molecular complexity index is 874. The van der Waals surface area contributed by atoms with Gasteiger partial charge in [-0.15, -0.1) is 11.8 Å². The van der Waals surface area contributed by atoms with Gasteiger partial charge in [0.25, 0.3) is 0 Å². The second-order valence-electron chi connectivity index (χ2n) is 7.46. The standard InChI is InChI=1S/C24H30Cl2N2O2S/c1-4-12-27-24(30)22(5-2)28(14-18-8-6-17(3)7-9-18)23(29)16-31-15-19-10-11-20(25)21(26)13-19/h6-11,13,22H,4-5,12,14-16H2,1-3H3,(H,27,30)/t22-/m1/s1. The molecular weight excluding hydrogens is 451 g/mol. The fraction of sp³-hybridized carbons (Fsp3) is 0.417. The molecule has 0 spiro atoms. The van der Waals surface area contributed by atoms with E-state index in [0.29, 0.717) is 35.3 Å². The number of hydrogen-bond acceptors (Lipinski definition) is 3. The number of nitrogens with zero attached hydrogens (tertiary/aromatic N) is 1. The van der Waals surface area contributed by atoms with Crippen LogP contribution in [0.2, 0.25) is 10.0 Å². The number of rotatable bonds is 11. The molecular formula is C24H30Cl2N2O2S. The van der Waals surface area contributed by atoms with Crippen LogP contribution in [-0.2, 0) is 21.9 Å². The zero-order valence-electron chi connectivity index (χ0n) is 18.3. The Morgan fingerprint density at radius 2 is 1.71 bits per heavy atom. The van der Waals surface area contributed by atoms with Gasteiger partial charge in [-0.2, -0.15) is 0 Å². The van der Waals surface area contributed by atoms with Crippen LogP contribution in [0.1, 0.15) is 43.4 Å². The Labute approximate surface area is 199 Å². The Kier molecular flexibility index (Phi) is 10.7. The fourth-order valence-corrected chi connectivity index (χ4v) is 4.32. The van der Waals surface area contributed by atoms with Gasteiger partial charge in [0.15, 0.2) is 0 Å². The van der Waals surface area contributed by atoms with E-state index in [1.165, 1.54) is 11.8 Å². The molecule has 4 nitrogen and oxygen atoms in total. The minimum Gasteiger partial charge on any atom is -0.354 e. The molecule has 0 heterocycles. The van der Waals surface area contributed by atoms with Crippen molar-refractivity contribution in [2.75, 3.05) is 12.3 Å². The fourth-order valence-electron chi connectivity index (χ4n) is 3.14. The van der Waals surface area contributed by atoms with E-state index in [4.69, 9.17) is 23.2 Å². The summed E-state index contributed by atoms with van der Waals surface area (Å²) in [4.78, 5) is 27.6. The summed E-state index contributed by atoms with van der Waals surface area (Å²) in [6, 6.07) is 13.1. The molecule has 0 aliphatic rings. The largest absolute Gasteiger partial charge is 0.354 e. The maximum atomic E-state index is 13.2. The molecule has 31 heavy (non-hydrogen) atoms. The van der Waals surface area contributed by atoms with Crippen molar-refractivity contribution in [3.05, 3.63) is 69.2 Å². The highest BCUT2D eigenvalue weighted by atomic mass is 35.5. The third-order valence-corrected chi connectivity index (χ3v) is 6.61. The predicted molar refractivity (Wildman–Crippen MR) is 132 cm³/mol. The third kappa shape index (κ3) is 8.06. The Morgan fingerprint density at radius 3 is 2.32 bits per heavy atom. The van der Waals surface area contributed by atoms with Crippen LogP contribution in [0.3, 0.4) is 0 Å². The minimum atomic E-state index is -0.495. The average molecular weight is 481 g/mol. The second kappa shape index (κ2) is 13.0. The molecule has 0 bridgehead atoms. The predicted octanol–water partition coefficient (Wildman–Crippen LogP) is 5.87. The SMILES string of the molecule is CCCNC(=O)[C@@H](CC)N(Cc1ccc(C)cc1)C(=O)CSCc1ccc(Cl)c(Cl)c1. The Balaban J connectivity index is 2.10. The highest BCUT2D eigenvalue weighted by Gasteiger charge is 2.28. The summed E-state index contributed by atoms with van der Waals surface area (Å²) in [5.41, 5.74) is 3.17. The summed E-state index contributed by atoms with van der Waals surface area (Å²) in [5, 5.41) is 3.96. The lowest BCUT2D eigenvalue weighted by Crippen LogP contribution is -2.49. The summed E-state index contributed by atoms with van der Waals surface area (Å²) in [6.45, 7) is 6.99. The molecule has 0 aliphatic heterocycles. The van der Waals surface area contributed by atoms with E-state index in [0.717, 1.165) is 23.1 Å². The molecule has 2 rings (SSSR count). The quantitative estimate of drug-likeness (QED) is 0.437. The van der Waals surface area contributed by atoms with Gasteiger partial charge in [-0.05, 0) is 43.0 Å². The summed E-state index contributed by atoms with van der Waals surface area (Å²) < 4.78 is 0. The number of carbonyl (C=O) groups is 2. The first-order chi connectivity index (χ1) is 14.8. The molecule has 0 saturated heterocycles. The van der Waals surface area contributed by atoms with E-state index < -0.39 is 6.04 Å². The number of nitrogens with one attached hydrogen (secondary N) is 1. The molecule has 2 aromatic carbocycles. The van der Waals surface area contributed by atoms with E-state index in [1.807, 2.05) is 57.2 Å². The molecule has 0 saturated carbocycles. The van der Waals surface area contributed by atoms with E-state index in [-0.39, 0.29) is 17.6 Å². The van der Waals surface area contributed by atoms with Crippen molar-refractivity contribution >= 4 is 46.8 Å². The van der Waals surface area contributed by atoms with E-state index in [2.05, 4.69) is 5.32 Å². The van der Waals surface area contributed by atoms with Crippen LogP contribution in [0, 0.1) is 6.92 Å². The van der Waals surface area contributed by atoms with Gasteiger partial charge in [0.05, 0.1) is 15.8 Å². The lowest BCUT2D eigenvalue weighted by atomic mass is 10.1. The monoisotopic (exact) mass is 480 g/mol. The molecule has 0 fully saturated rings. The second-order valence-corrected chi connectivity index (χ2v) is 9.26. The van der Waals surface area contributed by atoms with Crippen molar-refractivity contribution < 1.29 is 9.59 Å². The first-order valence-corrected chi connectivity index (χ1v) is 12.4. The van der Waals surface area contributed by atoms with Crippen LogP contribution < -0.4 is 5.32 Å². The van der Waals surface area contributed by atoms with Gasteiger partial charge in [0.2, 0.25) is 11.8 Å². The lowest BCUT2D eigenvalue weighted by Gasteiger charge is -2.30. The van der Waals surface area contributed by atoms with Crippen molar-refractivity contribution in [1.82, 2.24) is 10.2 Å². The summed E-state index contributed by atoms with van der Waals surface area (Å²) in [5.74, 6) is 0.771. The minimum absolute atomic E-state index is 0.0517. The normalized spacial score (nSPS) is 11.8. The maximum Gasteiger partial charge on any atom is 0.242 e. The molecule has 2 amide bonds. The Hall–Kier alpha value is -1.69. The number of amides is 2. The van der Waals surface area contributed by atoms with Gasteiger partial charge in [-0.1, -0.05) is 72.9 Å². The molecule has 0 aromatic heterocycles. The van der Waals surface area contributed by atoms with E-state index in [1.54, 1.807) is 11.0 Å².